The van der Waals surface area contributed by atoms with Crippen molar-refractivity contribution in [3.05, 3.63) is 22.7 Å². The van der Waals surface area contributed by atoms with Crippen LogP contribution in [0.4, 0.5) is 10.6 Å². The number of nitrogens with zero attached hydrogens (tertiary/aromatic N) is 2. The lowest BCUT2D eigenvalue weighted by Gasteiger charge is -2.19. The van der Waals surface area contributed by atoms with Crippen LogP contribution < -0.4 is 11.0 Å². The van der Waals surface area contributed by atoms with Crippen molar-refractivity contribution in [1.82, 2.24) is 9.55 Å². The number of hydrogen-bond acceptors (Lipinski definition) is 7. The number of nitrogens with one attached hydrogen (secondary N) is 1. The highest BCUT2D eigenvalue weighted by molar-refractivity contribution is 5.83. The third-order valence-electron chi connectivity index (χ3n) is 3.15. The maximum atomic E-state index is 12.0. The van der Waals surface area contributed by atoms with Crippen molar-refractivity contribution in [2.45, 2.75) is 51.2 Å². The molecule has 1 aromatic rings. The quantitative estimate of drug-likeness (QED) is 0.726. The highest BCUT2D eigenvalue weighted by Crippen LogP contribution is 2.27. The van der Waals surface area contributed by atoms with Crippen molar-refractivity contribution in [2.75, 3.05) is 11.9 Å². The van der Waals surface area contributed by atoms with E-state index >= 15 is 0 Å². The number of carbonyl (C=O) groups excluding carboxylic acids is 1. The Morgan fingerprint density at radius 3 is 2.78 bits per heavy atom. The lowest BCUT2D eigenvalue weighted by Crippen LogP contribution is -2.30. The number of anilines is 1. The molecule has 23 heavy (non-hydrogen) atoms. The standard InChI is InChI=1S/C14H21N3O6/c1-14(2,3)23-13(21)16-10-4-5-17(12(20)15-10)11-6-8(19)9(7-18)22-11/h4-5,8-9,11,18-19H,6-7H2,1-3H3,(H,15,16,20,21)/t8-,9+,11+/m0/s1. The summed E-state index contributed by atoms with van der Waals surface area (Å²) in [6.45, 7) is 4.83. The number of ether oxygens (including phenoxy) is 2. The second-order valence-electron chi connectivity index (χ2n) is 6.24. The summed E-state index contributed by atoms with van der Waals surface area (Å²) in [5.74, 6) is 0.0535. The van der Waals surface area contributed by atoms with Crippen LogP contribution >= 0.6 is 0 Å². The molecule has 1 aliphatic heterocycles. The Bertz CT molecular complexity index is 624. The molecule has 0 spiro atoms. The molecule has 2 rings (SSSR count). The van der Waals surface area contributed by atoms with Crippen LogP contribution in [0.2, 0.25) is 0 Å². The molecule has 1 amide bonds. The van der Waals surface area contributed by atoms with Crippen LogP contribution in [-0.2, 0) is 9.47 Å². The first kappa shape index (κ1) is 17.4. The summed E-state index contributed by atoms with van der Waals surface area (Å²) >= 11 is 0. The summed E-state index contributed by atoms with van der Waals surface area (Å²) in [6, 6.07) is 1.42. The van der Waals surface area contributed by atoms with Crippen molar-refractivity contribution < 1.29 is 24.5 Å². The van der Waals surface area contributed by atoms with E-state index in [4.69, 9.17) is 14.6 Å². The van der Waals surface area contributed by atoms with E-state index in [-0.39, 0.29) is 18.8 Å². The Morgan fingerprint density at radius 1 is 1.57 bits per heavy atom. The van der Waals surface area contributed by atoms with Crippen LogP contribution in [-0.4, -0.2) is 50.3 Å². The summed E-state index contributed by atoms with van der Waals surface area (Å²) in [5.41, 5.74) is -1.30. The molecule has 9 heteroatoms. The van der Waals surface area contributed by atoms with E-state index in [9.17, 15) is 14.7 Å². The number of aliphatic hydroxyl groups is 2. The molecule has 1 fully saturated rings. The lowest BCUT2D eigenvalue weighted by atomic mass is 10.2. The SMILES string of the molecule is CC(C)(C)OC(=O)Nc1ccn([C@H]2C[C@H](O)[C@@H](CO)O2)c(=O)n1. The van der Waals surface area contributed by atoms with Crippen molar-refractivity contribution in [2.24, 2.45) is 0 Å². The predicted molar refractivity (Wildman–Crippen MR) is 80.0 cm³/mol. The number of amides is 1. The average molecular weight is 327 g/mol. The largest absolute Gasteiger partial charge is 0.444 e. The van der Waals surface area contributed by atoms with Gasteiger partial charge in [0, 0.05) is 12.6 Å². The van der Waals surface area contributed by atoms with Crippen molar-refractivity contribution in [3.8, 4) is 0 Å². The molecule has 0 aromatic carbocycles. The summed E-state index contributed by atoms with van der Waals surface area (Å²) in [5, 5.41) is 21.1. The minimum absolute atomic E-state index is 0.0535. The van der Waals surface area contributed by atoms with Crippen LogP contribution in [0.5, 0.6) is 0 Å². The van der Waals surface area contributed by atoms with E-state index in [0.717, 1.165) is 0 Å². The lowest BCUT2D eigenvalue weighted by molar-refractivity contribution is -0.0458. The summed E-state index contributed by atoms with van der Waals surface area (Å²) in [4.78, 5) is 27.4. The van der Waals surface area contributed by atoms with Gasteiger partial charge in [0.05, 0.1) is 12.7 Å². The summed E-state index contributed by atoms with van der Waals surface area (Å²) < 4.78 is 11.7. The van der Waals surface area contributed by atoms with Gasteiger partial charge in [-0.3, -0.25) is 9.88 Å². The zero-order valence-corrected chi connectivity index (χ0v) is 13.2. The normalized spacial score (nSPS) is 24.5. The molecular formula is C14H21N3O6. The maximum Gasteiger partial charge on any atom is 0.413 e. The number of aliphatic hydroxyl groups excluding tert-OH is 2. The molecule has 3 N–H and O–H groups in total. The first-order valence-electron chi connectivity index (χ1n) is 7.23. The maximum absolute atomic E-state index is 12.0. The number of carbonyl (C=O) groups is 1. The van der Waals surface area contributed by atoms with Crippen LogP contribution in [0.25, 0.3) is 0 Å². The monoisotopic (exact) mass is 327 g/mol. The van der Waals surface area contributed by atoms with Gasteiger partial charge in [-0.15, -0.1) is 0 Å². The molecule has 0 radical (unpaired) electrons. The number of aromatic nitrogens is 2. The minimum atomic E-state index is -0.850. The highest BCUT2D eigenvalue weighted by Gasteiger charge is 2.35. The second kappa shape index (κ2) is 6.65. The number of rotatable bonds is 3. The minimum Gasteiger partial charge on any atom is -0.444 e. The van der Waals surface area contributed by atoms with E-state index < -0.39 is 35.8 Å². The third-order valence-corrected chi connectivity index (χ3v) is 3.15. The Labute approximate surface area is 132 Å². The van der Waals surface area contributed by atoms with Gasteiger partial charge in [-0.25, -0.2) is 9.59 Å². The van der Waals surface area contributed by atoms with Crippen molar-refractivity contribution in [1.29, 1.82) is 0 Å². The van der Waals surface area contributed by atoms with E-state index in [0.29, 0.717) is 0 Å². The molecule has 1 saturated heterocycles. The molecular weight excluding hydrogens is 306 g/mol. The van der Waals surface area contributed by atoms with Gasteiger partial charge in [0.2, 0.25) is 0 Å². The fourth-order valence-electron chi connectivity index (χ4n) is 2.16. The predicted octanol–water partition coefficient (Wildman–Crippen LogP) is 0.231. The van der Waals surface area contributed by atoms with Gasteiger partial charge in [0.1, 0.15) is 23.8 Å². The van der Waals surface area contributed by atoms with Crippen LogP contribution in [0.3, 0.4) is 0 Å². The van der Waals surface area contributed by atoms with Gasteiger partial charge in [-0.1, -0.05) is 0 Å². The van der Waals surface area contributed by atoms with Crippen molar-refractivity contribution in [3.63, 3.8) is 0 Å². The fraction of sp³-hybridized carbons (Fsp3) is 0.643. The molecule has 1 aromatic heterocycles. The molecule has 1 aliphatic rings. The van der Waals surface area contributed by atoms with Gasteiger partial charge in [-0.05, 0) is 26.8 Å². The molecule has 0 unspecified atom stereocenters. The van der Waals surface area contributed by atoms with E-state index in [2.05, 4.69) is 10.3 Å². The average Bonchev–Trinajstić information content (AvgIpc) is 2.77. The van der Waals surface area contributed by atoms with E-state index in [1.807, 2.05) is 0 Å². The molecule has 2 heterocycles. The molecule has 3 atom stereocenters. The molecule has 128 valence electrons. The van der Waals surface area contributed by atoms with E-state index in [1.165, 1.54) is 16.8 Å². The van der Waals surface area contributed by atoms with Crippen LogP contribution in [0, 0.1) is 0 Å². The topological polar surface area (TPSA) is 123 Å². The highest BCUT2D eigenvalue weighted by atomic mass is 16.6. The summed E-state index contributed by atoms with van der Waals surface area (Å²) in [6.07, 6.45) is -1.43. The van der Waals surface area contributed by atoms with Gasteiger partial charge in [0.15, 0.2) is 0 Å². The number of hydrogen-bond donors (Lipinski definition) is 3. The Morgan fingerprint density at radius 2 is 2.26 bits per heavy atom. The second-order valence-corrected chi connectivity index (χ2v) is 6.24. The third kappa shape index (κ3) is 4.50. The van der Waals surface area contributed by atoms with E-state index in [1.54, 1.807) is 20.8 Å². The fourth-order valence-corrected chi connectivity index (χ4v) is 2.16. The first-order chi connectivity index (χ1) is 10.7. The molecule has 0 saturated carbocycles. The molecule has 0 aliphatic carbocycles. The van der Waals surface area contributed by atoms with Crippen LogP contribution in [0.15, 0.2) is 17.1 Å². The zero-order chi connectivity index (χ0) is 17.2. The zero-order valence-electron chi connectivity index (χ0n) is 13.2. The molecule has 9 nitrogen and oxygen atoms in total. The Hall–Kier alpha value is -1.97. The first-order valence-corrected chi connectivity index (χ1v) is 7.23. The Balaban J connectivity index is 2.07. The van der Waals surface area contributed by atoms with Gasteiger partial charge < -0.3 is 19.7 Å². The Kier molecular flexibility index (Phi) is 5.03. The smallest absolute Gasteiger partial charge is 0.413 e. The van der Waals surface area contributed by atoms with Crippen molar-refractivity contribution >= 4 is 11.9 Å². The van der Waals surface area contributed by atoms with Gasteiger partial charge in [0.25, 0.3) is 0 Å². The molecule has 0 bridgehead atoms. The van der Waals surface area contributed by atoms with Gasteiger partial charge in [-0.2, -0.15) is 4.98 Å². The summed E-state index contributed by atoms with van der Waals surface area (Å²) in [7, 11) is 0. The van der Waals surface area contributed by atoms with Crippen LogP contribution in [0.1, 0.15) is 33.4 Å². The van der Waals surface area contributed by atoms with Gasteiger partial charge >= 0.3 is 11.8 Å².